The van der Waals surface area contributed by atoms with Crippen LogP contribution in [0.15, 0.2) is 64.5 Å². The van der Waals surface area contributed by atoms with Crippen LogP contribution in [0.4, 0.5) is 13.2 Å². The van der Waals surface area contributed by atoms with E-state index >= 15 is 0 Å². The lowest BCUT2D eigenvalue weighted by Crippen LogP contribution is -2.27. The summed E-state index contributed by atoms with van der Waals surface area (Å²) < 4.78 is 42.0. The number of halogens is 3. The van der Waals surface area contributed by atoms with Crippen LogP contribution in [-0.4, -0.2) is 27.1 Å². The van der Waals surface area contributed by atoms with E-state index in [-0.39, 0.29) is 17.9 Å². The van der Waals surface area contributed by atoms with E-state index in [4.69, 9.17) is 0 Å². The van der Waals surface area contributed by atoms with Gasteiger partial charge in [0.15, 0.2) is 0 Å². The minimum Gasteiger partial charge on any atom is -0.406 e. The predicted octanol–water partition coefficient (Wildman–Crippen LogP) is 3.72. The highest BCUT2D eigenvalue weighted by molar-refractivity contribution is 5.88. The summed E-state index contributed by atoms with van der Waals surface area (Å²) in [5, 5.41) is 8.38. The van der Waals surface area contributed by atoms with Gasteiger partial charge in [0.2, 0.25) is 0 Å². The molecule has 2 aromatic carbocycles. The molecule has 1 aliphatic rings. The van der Waals surface area contributed by atoms with Gasteiger partial charge in [-0.1, -0.05) is 29.5 Å². The third-order valence-corrected chi connectivity index (χ3v) is 4.19. The number of hydrogen-bond donors (Lipinski definition) is 0. The van der Waals surface area contributed by atoms with Crippen LogP contribution in [0.1, 0.15) is 6.42 Å². The smallest absolute Gasteiger partial charge is 0.406 e. The van der Waals surface area contributed by atoms with Crippen molar-refractivity contribution in [3.05, 3.63) is 65.1 Å². The van der Waals surface area contributed by atoms with Gasteiger partial charge < -0.3 is 4.74 Å². The first-order valence-electron chi connectivity index (χ1n) is 8.33. The van der Waals surface area contributed by atoms with Gasteiger partial charge in [-0.25, -0.2) is 4.68 Å². The summed E-state index contributed by atoms with van der Waals surface area (Å²) in [5.74, 6) is -0.309. The van der Waals surface area contributed by atoms with E-state index in [1.165, 1.54) is 28.9 Å². The molecule has 2 heterocycles. The number of nitrogens with zero attached hydrogens (tertiary/aromatic N) is 4. The molecule has 0 saturated heterocycles. The third kappa shape index (κ3) is 3.78. The maximum atomic E-state index is 12.8. The Morgan fingerprint density at radius 2 is 1.82 bits per heavy atom. The zero-order valence-corrected chi connectivity index (χ0v) is 14.3. The van der Waals surface area contributed by atoms with E-state index in [0.717, 1.165) is 5.71 Å². The monoisotopic (exact) mass is 386 g/mol. The van der Waals surface area contributed by atoms with E-state index in [9.17, 15) is 18.0 Å². The molecule has 0 aliphatic carbocycles. The Kier molecular flexibility index (Phi) is 4.42. The topological polar surface area (TPSA) is 69.4 Å². The second kappa shape index (κ2) is 6.91. The average Bonchev–Trinajstić information content (AvgIpc) is 3.16. The van der Waals surface area contributed by atoms with Crippen LogP contribution in [0.5, 0.6) is 5.75 Å². The second-order valence-corrected chi connectivity index (χ2v) is 6.14. The Morgan fingerprint density at radius 1 is 1.07 bits per heavy atom. The fourth-order valence-electron chi connectivity index (χ4n) is 2.89. The number of rotatable bonds is 4. The van der Waals surface area contributed by atoms with Crippen molar-refractivity contribution in [2.24, 2.45) is 4.99 Å². The van der Waals surface area contributed by atoms with Gasteiger partial charge in [0.1, 0.15) is 11.3 Å². The van der Waals surface area contributed by atoms with Gasteiger partial charge in [0, 0.05) is 18.3 Å². The van der Waals surface area contributed by atoms with Crippen molar-refractivity contribution in [1.29, 1.82) is 0 Å². The summed E-state index contributed by atoms with van der Waals surface area (Å²) in [6.45, 7) is 0.252. The minimum atomic E-state index is -4.74. The number of alkyl halides is 3. The number of benzene rings is 2. The molecule has 28 heavy (non-hydrogen) atoms. The fourth-order valence-corrected chi connectivity index (χ4v) is 2.89. The van der Waals surface area contributed by atoms with Gasteiger partial charge >= 0.3 is 6.36 Å². The molecule has 0 bridgehead atoms. The van der Waals surface area contributed by atoms with Crippen LogP contribution in [-0.2, 0) is 6.54 Å². The highest BCUT2D eigenvalue weighted by Crippen LogP contribution is 2.27. The van der Waals surface area contributed by atoms with Crippen LogP contribution in [0.2, 0.25) is 0 Å². The lowest BCUT2D eigenvalue weighted by molar-refractivity contribution is -0.274. The molecule has 3 aromatic rings. The maximum absolute atomic E-state index is 12.8. The summed E-state index contributed by atoms with van der Waals surface area (Å²) in [7, 11) is 0. The molecule has 1 aliphatic heterocycles. The van der Waals surface area contributed by atoms with Crippen LogP contribution in [0.3, 0.4) is 0 Å². The molecule has 0 N–H and O–H groups in total. The van der Waals surface area contributed by atoms with Crippen molar-refractivity contribution in [3.8, 4) is 16.9 Å². The molecule has 0 radical (unpaired) electrons. The number of fused-ring (bicyclic) bond motifs is 1. The van der Waals surface area contributed by atoms with Gasteiger partial charge in [-0.3, -0.25) is 9.79 Å². The summed E-state index contributed by atoms with van der Waals surface area (Å²) in [6, 6.07) is 10.5. The van der Waals surface area contributed by atoms with E-state index in [2.05, 4.69) is 20.0 Å². The van der Waals surface area contributed by atoms with Gasteiger partial charge in [0.25, 0.3) is 5.56 Å². The molecule has 0 atom stereocenters. The fraction of sp³-hybridized carbons (Fsp3) is 0.158. The van der Waals surface area contributed by atoms with Crippen LogP contribution >= 0.6 is 0 Å². The summed E-state index contributed by atoms with van der Waals surface area (Å²) in [5.41, 5.74) is 2.25. The Balaban J connectivity index is 1.66. The van der Waals surface area contributed by atoms with E-state index in [0.29, 0.717) is 28.5 Å². The van der Waals surface area contributed by atoms with Crippen LogP contribution < -0.4 is 10.3 Å². The minimum absolute atomic E-state index is 0.252. The Hall–Kier alpha value is -3.49. The molecule has 1 aromatic heterocycles. The van der Waals surface area contributed by atoms with E-state index < -0.39 is 6.36 Å². The largest absolute Gasteiger partial charge is 0.573 e. The molecule has 0 fully saturated rings. The van der Waals surface area contributed by atoms with Gasteiger partial charge in [-0.2, -0.15) is 0 Å². The van der Waals surface area contributed by atoms with Crippen molar-refractivity contribution < 1.29 is 17.9 Å². The van der Waals surface area contributed by atoms with Crippen molar-refractivity contribution in [1.82, 2.24) is 15.0 Å². The quantitative estimate of drug-likeness (QED) is 0.685. The third-order valence-electron chi connectivity index (χ3n) is 4.19. The second-order valence-electron chi connectivity index (χ2n) is 6.14. The number of aliphatic imine (C=N–C) groups is 1. The lowest BCUT2D eigenvalue weighted by atomic mass is 10.0. The molecule has 0 amide bonds. The van der Waals surface area contributed by atoms with Crippen LogP contribution in [0, 0.1) is 0 Å². The summed E-state index contributed by atoms with van der Waals surface area (Å²) in [4.78, 5) is 16.9. The molecular weight excluding hydrogens is 373 g/mol. The molecule has 142 valence electrons. The van der Waals surface area contributed by atoms with Gasteiger partial charge in [-0.15, -0.1) is 18.3 Å². The van der Waals surface area contributed by atoms with Crippen LogP contribution in [0.25, 0.3) is 22.0 Å². The summed E-state index contributed by atoms with van der Waals surface area (Å²) >= 11 is 0. The van der Waals surface area contributed by atoms with Crippen molar-refractivity contribution in [2.75, 3.05) is 0 Å². The molecular formula is C19H13F3N4O2. The standard InChI is InChI=1S/C19H13F3N4O2/c20-19(21,22)28-15-6-3-12(4-7-15)13-5-8-17-16(10-13)18(27)26(25-24-17)11-14-2-1-9-23-14/h1,3-10H,2,11H2. The highest BCUT2D eigenvalue weighted by atomic mass is 19.4. The highest BCUT2D eigenvalue weighted by Gasteiger charge is 2.30. The normalized spacial score (nSPS) is 13.8. The number of hydrogen-bond acceptors (Lipinski definition) is 5. The zero-order valence-electron chi connectivity index (χ0n) is 14.3. The van der Waals surface area contributed by atoms with Crippen molar-refractivity contribution >= 4 is 16.6 Å². The first-order chi connectivity index (χ1) is 13.4. The van der Waals surface area contributed by atoms with Gasteiger partial charge in [0.05, 0.1) is 11.9 Å². The SMILES string of the molecule is O=c1c2cc(-c3ccc(OC(F)(F)F)cc3)ccc2nnn1CC1=NC=CC1. The van der Waals surface area contributed by atoms with Gasteiger partial charge in [-0.05, 0) is 35.4 Å². The Morgan fingerprint density at radius 3 is 2.50 bits per heavy atom. The molecule has 9 heteroatoms. The summed E-state index contributed by atoms with van der Waals surface area (Å²) in [6.07, 6.45) is -0.510. The Bertz CT molecular complexity index is 1150. The molecule has 0 unspecified atom stereocenters. The lowest BCUT2D eigenvalue weighted by Gasteiger charge is -2.10. The average molecular weight is 386 g/mol. The molecule has 4 rings (SSSR count). The molecule has 0 saturated carbocycles. The molecule has 0 spiro atoms. The maximum Gasteiger partial charge on any atom is 0.573 e. The number of allylic oxidation sites excluding steroid dienone is 1. The zero-order chi connectivity index (χ0) is 19.7. The molecule has 6 nitrogen and oxygen atoms in total. The van der Waals surface area contributed by atoms with E-state index in [1.54, 1.807) is 24.4 Å². The Labute approximate surface area is 156 Å². The first-order valence-corrected chi connectivity index (χ1v) is 8.33. The number of aromatic nitrogens is 3. The van der Waals surface area contributed by atoms with Crippen molar-refractivity contribution in [3.63, 3.8) is 0 Å². The first kappa shape index (κ1) is 17.9. The number of ether oxygens (including phenoxy) is 1. The van der Waals surface area contributed by atoms with E-state index in [1.807, 2.05) is 6.08 Å². The predicted molar refractivity (Wildman–Crippen MR) is 97.1 cm³/mol. The van der Waals surface area contributed by atoms with Crippen molar-refractivity contribution in [2.45, 2.75) is 19.3 Å².